The average Bonchev–Trinajstić information content (AvgIpc) is 3.09. The number of ether oxygens (including phenoxy) is 2. The van der Waals surface area contributed by atoms with E-state index in [1.807, 2.05) is 12.3 Å². The summed E-state index contributed by atoms with van der Waals surface area (Å²) >= 11 is 0. The summed E-state index contributed by atoms with van der Waals surface area (Å²) in [6.45, 7) is 8.04. The normalized spacial score (nSPS) is 20.8. The fourth-order valence-electron chi connectivity index (χ4n) is 5.73. The first-order chi connectivity index (χ1) is 16.5. The number of rotatable bonds is 4. The maximum Gasteiger partial charge on any atom is 0.233 e. The first-order valence-corrected chi connectivity index (χ1v) is 12.4. The zero-order chi connectivity index (χ0) is 23.5. The second kappa shape index (κ2) is 9.85. The molecule has 0 aliphatic carbocycles. The highest BCUT2D eigenvalue weighted by Crippen LogP contribution is 2.38. The lowest BCUT2D eigenvalue weighted by molar-refractivity contribution is -0.141. The second-order valence-electron chi connectivity index (χ2n) is 9.96. The quantitative estimate of drug-likeness (QED) is 0.573. The Labute approximate surface area is 202 Å². The first-order valence-electron chi connectivity index (χ1n) is 12.4. The summed E-state index contributed by atoms with van der Waals surface area (Å²) in [6.07, 6.45) is 4.15. The molecule has 0 saturated carbocycles. The molecule has 34 heavy (non-hydrogen) atoms. The van der Waals surface area contributed by atoms with Crippen LogP contribution in [0.3, 0.4) is 0 Å². The van der Waals surface area contributed by atoms with Gasteiger partial charge in [0, 0.05) is 43.8 Å². The Morgan fingerprint density at radius 3 is 2.59 bits per heavy atom. The molecule has 1 aromatic heterocycles. The number of aryl methyl sites for hydroxylation is 2. The van der Waals surface area contributed by atoms with Crippen molar-refractivity contribution in [3.05, 3.63) is 77.0 Å². The number of amides is 1. The number of hydrogen-bond donors (Lipinski definition) is 0. The molecule has 5 heteroatoms. The van der Waals surface area contributed by atoms with Crippen molar-refractivity contribution in [1.82, 2.24) is 9.88 Å². The predicted molar refractivity (Wildman–Crippen MR) is 134 cm³/mol. The van der Waals surface area contributed by atoms with Crippen LogP contribution in [0.1, 0.15) is 35.1 Å². The van der Waals surface area contributed by atoms with Gasteiger partial charge in [0.15, 0.2) is 0 Å². The molecule has 2 aromatic carbocycles. The zero-order valence-electron chi connectivity index (χ0n) is 20.3. The molecule has 5 nitrogen and oxygen atoms in total. The minimum Gasteiger partial charge on any atom is -0.381 e. The lowest BCUT2D eigenvalue weighted by atomic mass is 9.72. The van der Waals surface area contributed by atoms with Crippen LogP contribution in [0.2, 0.25) is 0 Å². The molecule has 1 unspecified atom stereocenters. The predicted octanol–water partition coefficient (Wildman–Crippen LogP) is 4.62. The van der Waals surface area contributed by atoms with Crippen molar-refractivity contribution in [3.8, 4) is 0 Å². The van der Waals surface area contributed by atoms with E-state index in [1.165, 1.54) is 16.7 Å². The first kappa shape index (κ1) is 23.0. The molecule has 5 rings (SSSR count). The molecule has 3 aromatic rings. The van der Waals surface area contributed by atoms with Crippen LogP contribution < -0.4 is 0 Å². The van der Waals surface area contributed by atoms with E-state index in [-0.39, 0.29) is 11.8 Å². The number of para-hydroxylation sites is 1. The van der Waals surface area contributed by atoms with Gasteiger partial charge in [0.05, 0.1) is 24.1 Å². The van der Waals surface area contributed by atoms with E-state index in [1.54, 1.807) is 0 Å². The summed E-state index contributed by atoms with van der Waals surface area (Å²) in [5, 5.41) is 1.15. The Kier molecular flexibility index (Phi) is 6.66. The Morgan fingerprint density at radius 1 is 1.03 bits per heavy atom. The minimum atomic E-state index is -0.523. The van der Waals surface area contributed by atoms with E-state index in [4.69, 9.17) is 9.47 Å². The zero-order valence-corrected chi connectivity index (χ0v) is 20.3. The Morgan fingerprint density at radius 2 is 1.79 bits per heavy atom. The third kappa shape index (κ3) is 4.59. The number of benzene rings is 2. The largest absolute Gasteiger partial charge is 0.381 e. The fraction of sp³-hybridized carbons (Fsp3) is 0.448. The second-order valence-corrected chi connectivity index (χ2v) is 9.96. The standard InChI is InChI=1S/C29H34N2O3/c1-21-15-22(2)17-26(16-21)29(8-12-33-13-9-29)28(32)31-11-14-34-20-23(19-31)18-25-6-3-5-24-7-4-10-30-27(24)25/h3-7,10,15-17,23H,8-9,11-14,18-20H2,1-2H3. The number of carbonyl (C=O) groups excluding carboxylic acids is 1. The van der Waals surface area contributed by atoms with Crippen LogP contribution in [0.15, 0.2) is 54.7 Å². The Balaban J connectivity index is 1.42. The number of fused-ring (bicyclic) bond motifs is 1. The summed E-state index contributed by atoms with van der Waals surface area (Å²) in [6, 6.07) is 17.0. The fourth-order valence-corrected chi connectivity index (χ4v) is 5.73. The number of carbonyl (C=O) groups is 1. The summed E-state index contributed by atoms with van der Waals surface area (Å²) < 4.78 is 11.7. The van der Waals surface area contributed by atoms with Gasteiger partial charge in [-0.05, 0) is 50.3 Å². The highest BCUT2D eigenvalue weighted by molar-refractivity contribution is 5.89. The number of hydrogen-bond acceptors (Lipinski definition) is 4. The molecule has 0 spiro atoms. The van der Waals surface area contributed by atoms with Crippen LogP contribution >= 0.6 is 0 Å². The van der Waals surface area contributed by atoms with Crippen molar-refractivity contribution in [2.24, 2.45) is 5.92 Å². The van der Waals surface area contributed by atoms with Crippen LogP contribution in [0, 0.1) is 19.8 Å². The van der Waals surface area contributed by atoms with Crippen molar-refractivity contribution >= 4 is 16.8 Å². The van der Waals surface area contributed by atoms with Gasteiger partial charge in [-0.15, -0.1) is 0 Å². The monoisotopic (exact) mass is 458 g/mol. The van der Waals surface area contributed by atoms with Gasteiger partial charge in [-0.3, -0.25) is 9.78 Å². The van der Waals surface area contributed by atoms with Crippen LogP contribution in [0.25, 0.3) is 10.9 Å². The van der Waals surface area contributed by atoms with Gasteiger partial charge in [-0.25, -0.2) is 0 Å². The molecule has 0 bridgehead atoms. The summed E-state index contributed by atoms with van der Waals surface area (Å²) in [7, 11) is 0. The van der Waals surface area contributed by atoms with Crippen LogP contribution in [-0.4, -0.2) is 55.3 Å². The number of nitrogens with zero attached hydrogens (tertiary/aromatic N) is 2. The molecule has 0 radical (unpaired) electrons. The minimum absolute atomic E-state index is 0.229. The van der Waals surface area contributed by atoms with Crippen LogP contribution in [-0.2, 0) is 26.1 Å². The van der Waals surface area contributed by atoms with E-state index < -0.39 is 5.41 Å². The molecule has 2 aliphatic heterocycles. The molecule has 0 N–H and O–H groups in total. The van der Waals surface area contributed by atoms with Gasteiger partial charge in [0.1, 0.15) is 0 Å². The van der Waals surface area contributed by atoms with Gasteiger partial charge in [0.2, 0.25) is 5.91 Å². The van der Waals surface area contributed by atoms with Gasteiger partial charge in [-0.2, -0.15) is 0 Å². The third-order valence-electron chi connectivity index (χ3n) is 7.38. The molecule has 178 valence electrons. The molecule has 2 saturated heterocycles. The molecule has 2 aliphatic rings. The van der Waals surface area contributed by atoms with Crippen molar-refractivity contribution in [1.29, 1.82) is 0 Å². The Hall–Kier alpha value is -2.76. The molecule has 1 amide bonds. The van der Waals surface area contributed by atoms with Crippen LogP contribution in [0.4, 0.5) is 0 Å². The van der Waals surface area contributed by atoms with Gasteiger partial charge in [-0.1, -0.05) is 53.6 Å². The van der Waals surface area contributed by atoms with Crippen molar-refractivity contribution in [2.45, 2.75) is 38.5 Å². The number of aromatic nitrogens is 1. The summed E-state index contributed by atoms with van der Waals surface area (Å²) in [5.74, 6) is 0.461. The van der Waals surface area contributed by atoms with E-state index in [0.717, 1.165) is 35.7 Å². The van der Waals surface area contributed by atoms with E-state index in [2.05, 4.69) is 66.2 Å². The molecule has 2 fully saturated rings. The SMILES string of the molecule is Cc1cc(C)cc(C2(C(=O)N3CCOCC(Cc4cccc5cccnc45)C3)CCOCC2)c1. The lowest BCUT2D eigenvalue weighted by Gasteiger charge is -2.40. The smallest absolute Gasteiger partial charge is 0.233 e. The van der Waals surface area contributed by atoms with Gasteiger partial charge < -0.3 is 14.4 Å². The van der Waals surface area contributed by atoms with E-state index in [9.17, 15) is 4.79 Å². The number of pyridine rings is 1. The maximum atomic E-state index is 14.3. The van der Waals surface area contributed by atoms with Crippen molar-refractivity contribution < 1.29 is 14.3 Å². The highest BCUT2D eigenvalue weighted by Gasteiger charge is 2.44. The van der Waals surface area contributed by atoms with Crippen molar-refractivity contribution in [2.75, 3.05) is 39.5 Å². The Bertz CT molecular complexity index is 1140. The lowest BCUT2D eigenvalue weighted by Crippen LogP contribution is -2.51. The summed E-state index contributed by atoms with van der Waals surface area (Å²) in [4.78, 5) is 21.0. The third-order valence-corrected chi connectivity index (χ3v) is 7.38. The van der Waals surface area contributed by atoms with Crippen LogP contribution in [0.5, 0.6) is 0 Å². The van der Waals surface area contributed by atoms with Gasteiger partial charge >= 0.3 is 0 Å². The molecule has 3 heterocycles. The molecule has 1 atom stereocenters. The average molecular weight is 459 g/mol. The maximum absolute atomic E-state index is 14.3. The van der Waals surface area contributed by atoms with Gasteiger partial charge in [0.25, 0.3) is 0 Å². The highest BCUT2D eigenvalue weighted by atomic mass is 16.5. The van der Waals surface area contributed by atoms with E-state index in [0.29, 0.717) is 39.5 Å². The molecular weight excluding hydrogens is 424 g/mol. The summed E-state index contributed by atoms with van der Waals surface area (Å²) in [5.41, 5.74) is 5.28. The molecular formula is C29H34N2O3. The topological polar surface area (TPSA) is 51.7 Å². The van der Waals surface area contributed by atoms with Crippen molar-refractivity contribution in [3.63, 3.8) is 0 Å². The van der Waals surface area contributed by atoms with E-state index >= 15 is 0 Å².